The van der Waals surface area contributed by atoms with Crippen LogP contribution in [-0.2, 0) is 9.63 Å². The van der Waals surface area contributed by atoms with Gasteiger partial charge >= 0.3 is 0 Å². The molecule has 1 amide bonds. The Labute approximate surface area is 71.9 Å². The lowest BCUT2D eigenvalue weighted by atomic mass is 10.3. The van der Waals surface area contributed by atoms with Crippen molar-refractivity contribution in [2.24, 2.45) is 5.90 Å². The fraction of sp³-hybridized carbons (Fsp3) is 0.625. The minimum absolute atomic E-state index is 0.164. The van der Waals surface area contributed by atoms with Gasteiger partial charge in [0.2, 0.25) is 5.91 Å². The van der Waals surface area contributed by atoms with E-state index in [0.29, 0.717) is 19.6 Å². The quantitative estimate of drug-likeness (QED) is 0.491. The number of hydrogen-bond acceptors (Lipinski definition) is 3. The molecule has 4 nitrogen and oxygen atoms in total. The predicted molar refractivity (Wildman–Crippen MR) is 44.8 cm³/mol. The first-order valence-corrected chi connectivity index (χ1v) is 4.05. The SMILES string of the molecule is C=C1CCC(=O)N1CCCON. The third kappa shape index (κ3) is 2.06. The zero-order valence-corrected chi connectivity index (χ0v) is 7.08. The molecule has 2 N–H and O–H groups in total. The van der Waals surface area contributed by atoms with Crippen molar-refractivity contribution in [1.82, 2.24) is 4.90 Å². The van der Waals surface area contributed by atoms with Crippen molar-refractivity contribution >= 4 is 5.91 Å². The van der Waals surface area contributed by atoms with E-state index in [1.165, 1.54) is 0 Å². The summed E-state index contributed by atoms with van der Waals surface area (Å²) in [5, 5.41) is 0. The van der Waals surface area contributed by atoms with Crippen LogP contribution in [0, 0.1) is 0 Å². The second-order valence-corrected chi connectivity index (χ2v) is 2.84. The first-order chi connectivity index (χ1) is 5.75. The van der Waals surface area contributed by atoms with E-state index in [4.69, 9.17) is 5.90 Å². The number of rotatable bonds is 4. The molecule has 12 heavy (non-hydrogen) atoms. The molecule has 0 radical (unpaired) electrons. The lowest BCUT2D eigenvalue weighted by Gasteiger charge is -2.16. The molecule has 1 rings (SSSR count). The zero-order valence-electron chi connectivity index (χ0n) is 7.08. The molecule has 0 aromatic heterocycles. The molecular weight excluding hydrogens is 156 g/mol. The second kappa shape index (κ2) is 4.23. The molecule has 1 heterocycles. The molecule has 0 aromatic carbocycles. The van der Waals surface area contributed by atoms with Crippen molar-refractivity contribution in [3.63, 3.8) is 0 Å². The lowest BCUT2D eigenvalue weighted by Crippen LogP contribution is -2.25. The normalized spacial score (nSPS) is 17.6. The van der Waals surface area contributed by atoms with E-state index in [1.807, 2.05) is 0 Å². The molecule has 0 atom stereocenters. The highest BCUT2D eigenvalue weighted by Gasteiger charge is 2.22. The number of carbonyl (C=O) groups is 1. The summed E-state index contributed by atoms with van der Waals surface area (Å²) in [6.07, 6.45) is 2.16. The van der Waals surface area contributed by atoms with E-state index in [0.717, 1.165) is 18.5 Å². The maximum atomic E-state index is 11.2. The molecule has 68 valence electrons. The minimum Gasteiger partial charge on any atom is -0.317 e. The summed E-state index contributed by atoms with van der Waals surface area (Å²) in [4.78, 5) is 17.3. The van der Waals surface area contributed by atoms with Crippen molar-refractivity contribution in [1.29, 1.82) is 0 Å². The van der Waals surface area contributed by atoms with Crippen LogP contribution in [0.15, 0.2) is 12.3 Å². The first-order valence-electron chi connectivity index (χ1n) is 4.05. The van der Waals surface area contributed by atoms with Crippen LogP contribution in [-0.4, -0.2) is 24.0 Å². The molecule has 1 aliphatic heterocycles. The number of carbonyl (C=O) groups excluding carboxylic acids is 1. The standard InChI is InChI=1S/C8H14N2O2/c1-7-3-4-8(11)10(7)5-2-6-12-9/h1-6,9H2. The van der Waals surface area contributed by atoms with Crippen LogP contribution in [0.1, 0.15) is 19.3 Å². The summed E-state index contributed by atoms with van der Waals surface area (Å²) in [7, 11) is 0. The monoisotopic (exact) mass is 170 g/mol. The number of amides is 1. The largest absolute Gasteiger partial charge is 0.317 e. The van der Waals surface area contributed by atoms with Crippen molar-refractivity contribution in [2.75, 3.05) is 13.2 Å². The van der Waals surface area contributed by atoms with Gasteiger partial charge in [-0.25, -0.2) is 5.90 Å². The van der Waals surface area contributed by atoms with Gasteiger partial charge in [-0.15, -0.1) is 0 Å². The van der Waals surface area contributed by atoms with Crippen LogP contribution >= 0.6 is 0 Å². The third-order valence-electron chi connectivity index (χ3n) is 1.95. The Bertz CT molecular complexity index is 175. The summed E-state index contributed by atoms with van der Waals surface area (Å²) < 4.78 is 0. The maximum absolute atomic E-state index is 11.2. The molecule has 4 heteroatoms. The summed E-state index contributed by atoms with van der Waals surface area (Å²) in [6.45, 7) is 4.96. The highest BCUT2D eigenvalue weighted by Crippen LogP contribution is 2.20. The van der Waals surface area contributed by atoms with Gasteiger partial charge < -0.3 is 9.74 Å². The van der Waals surface area contributed by atoms with Crippen molar-refractivity contribution in [2.45, 2.75) is 19.3 Å². The van der Waals surface area contributed by atoms with E-state index in [2.05, 4.69) is 11.4 Å². The first kappa shape index (κ1) is 9.22. The van der Waals surface area contributed by atoms with Crippen LogP contribution in [0.2, 0.25) is 0 Å². The van der Waals surface area contributed by atoms with Gasteiger partial charge in [-0.3, -0.25) is 4.79 Å². The maximum Gasteiger partial charge on any atom is 0.227 e. The smallest absolute Gasteiger partial charge is 0.227 e. The van der Waals surface area contributed by atoms with Gasteiger partial charge in [-0.2, -0.15) is 0 Å². The van der Waals surface area contributed by atoms with Crippen molar-refractivity contribution < 1.29 is 9.63 Å². The van der Waals surface area contributed by atoms with Crippen LogP contribution in [0.4, 0.5) is 0 Å². The molecule has 1 aliphatic rings. The Kier molecular flexibility index (Phi) is 3.25. The zero-order chi connectivity index (χ0) is 8.97. The Morgan fingerprint density at radius 2 is 2.33 bits per heavy atom. The van der Waals surface area contributed by atoms with Crippen LogP contribution in [0.5, 0.6) is 0 Å². The minimum atomic E-state index is 0.164. The highest BCUT2D eigenvalue weighted by atomic mass is 16.6. The number of allylic oxidation sites excluding steroid dienone is 1. The Hall–Kier alpha value is -0.870. The van der Waals surface area contributed by atoms with Gasteiger partial charge in [-0.1, -0.05) is 6.58 Å². The Morgan fingerprint density at radius 3 is 2.83 bits per heavy atom. The number of nitrogens with zero attached hydrogens (tertiary/aromatic N) is 1. The average molecular weight is 170 g/mol. The van der Waals surface area contributed by atoms with Crippen molar-refractivity contribution in [3.8, 4) is 0 Å². The van der Waals surface area contributed by atoms with Crippen LogP contribution < -0.4 is 5.90 Å². The molecule has 1 saturated heterocycles. The van der Waals surface area contributed by atoms with Crippen molar-refractivity contribution in [3.05, 3.63) is 12.3 Å². The van der Waals surface area contributed by atoms with E-state index in [-0.39, 0.29) is 5.91 Å². The number of nitrogens with two attached hydrogens (primary N) is 1. The van der Waals surface area contributed by atoms with Gasteiger partial charge in [-0.05, 0) is 12.8 Å². The van der Waals surface area contributed by atoms with E-state index in [9.17, 15) is 4.79 Å². The Morgan fingerprint density at radius 1 is 1.58 bits per heavy atom. The predicted octanol–water partition coefficient (Wildman–Crippen LogP) is 0.403. The fourth-order valence-corrected chi connectivity index (χ4v) is 1.29. The van der Waals surface area contributed by atoms with Gasteiger partial charge in [0, 0.05) is 18.7 Å². The molecule has 0 aromatic rings. The summed E-state index contributed by atoms with van der Waals surface area (Å²) in [5.74, 6) is 5.02. The van der Waals surface area contributed by atoms with Crippen LogP contribution in [0.25, 0.3) is 0 Å². The molecule has 0 unspecified atom stereocenters. The molecule has 0 bridgehead atoms. The van der Waals surface area contributed by atoms with Gasteiger partial charge in [0.25, 0.3) is 0 Å². The fourth-order valence-electron chi connectivity index (χ4n) is 1.29. The summed E-state index contributed by atoms with van der Waals surface area (Å²) >= 11 is 0. The molecule has 0 saturated carbocycles. The number of hydrogen-bond donors (Lipinski definition) is 1. The average Bonchev–Trinajstić information content (AvgIpc) is 2.35. The number of likely N-dealkylation sites (tertiary alicyclic amines) is 1. The molecule has 0 aliphatic carbocycles. The lowest BCUT2D eigenvalue weighted by molar-refractivity contribution is -0.126. The Balaban J connectivity index is 2.30. The van der Waals surface area contributed by atoms with Gasteiger partial charge in [0.15, 0.2) is 0 Å². The highest BCUT2D eigenvalue weighted by molar-refractivity contribution is 5.81. The van der Waals surface area contributed by atoms with Gasteiger partial charge in [0.05, 0.1) is 6.61 Å². The molecule has 0 spiro atoms. The summed E-state index contributed by atoms with van der Waals surface area (Å²) in [5.41, 5.74) is 0.914. The molecular formula is C8H14N2O2. The van der Waals surface area contributed by atoms with E-state index < -0.39 is 0 Å². The van der Waals surface area contributed by atoms with E-state index in [1.54, 1.807) is 4.90 Å². The molecule has 1 fully saturated rings. The second-order valence-electron chi connectivity index (χ2n) is 2.84. The topological polar surface area (TPSA) is 55.6 Å². The van der Waals surface area contributed by atoms with Gasteiger partial charge in [0.1, 0.15) is 0 Å². The summed E-state index contributed by atoms with van der Waals surface area (Å²) in [6, 6.07) is 0. The van der Waals surface area contributed by atoms with Crippen LogP contribution in [0.3, 0.4) is 0 Å². The third-order valence-corrected chi connectivity index (χ3v) is 1.95. The van der Waals surface area contributed by atoms with E-state index >= 15 is 0 Å².